The second-order valence-electron chi connectivity index (χ2n) is 7.61. The molecule has 0 radical (unpaired) electrons. The minimum atomic E-state index is -5.11. The van der Waals surface area contributed by atoms with Crippen molar-refractivity contribution in [1.82, 2.24) is 16.2 Å². The lowest BCUT2D eigenvalue weighted by atomic mass is 10.0. The standard InChI is InChI=1S/C21H27F6N3O3/c1-3-4-5-6-7-13(2)28-17(31)8-9-18(32)29-30-19(33)14-10-15(20(22,23)24)12-16(11-14)21(25,26)27/h10-13H,3-9H2,1-2H3,(H,28,31)(H,29,32)(H,30,33)/t13-/m1/s1. The van der Waals surface area contributed by atoms with Crippen LogP contribution in [0.4, 0.5) is 26.3 Å². The summed E-state index contributed by atoms with van der Waals surface area (Å²) >= 11 is 0. The first-order valence-corrected chi connectivity index (χ1v) is 10.4. The van der Waals surface area contributed by atoms with Crippen LogP contribution in [0.1, 0.15) is 80.3 Å². The van der Waals surface area contributed by atoms with E-state index in [2.05, 4.69) is 12.2 Å². The maximum atomic E-state index is 12.9. The van der Waals surface area contributed by atoms with Gasteiger partial charge in [0.1, 0.15) is 0 Å². The number of hydrazine groups is 1. The van der Waals surface area contributed by atoms with Gasteiger partial charge in [0.2, 0.25) is 11.8 Å². The minimum Gasteiger partial charge on any atom is -0.354 e. The second kappa shape index (κ2) is 12.4. The molecular weight excluding hydrogens is 456 g/mol. The quantitative estimate of drug-likeness (QED) is 0.255. The molecule has 0 aliphatic rings. The number of unbranched alkanes of at least 4 members (excludes halogenated alkanes) is 3. The Kier molecular flexibility index (Phi) is 10.7. The Labute approximate surface area is 187 Å². The van der Waals surface area contributed by atoms with Crippen LogP contribution in [0.25, 0.3) is 0 Å². The van der Waals surface area contributed by atoms with Crippen molar-refractivity contribution in [1.29, 1.82) is 0 Å². The Morgan fingerprint density at radius 2 is 1.36 bits per heavy atom. The van der Waals surface area contributed by atoms with Crippen molar-refractivity contribution in [2.75, 3.05) is 0 Å². The summed E-state index contributed by atoms with van der Waals surface area (Å²) in [7, 11) is 0. The zero-order chi connectivity index (χ0) is 25.2. The number of hydrogen-bond donors (Lipinski definition) is 3. The molecule has 0 aliphatic heterocycles. The average molecular weight is 483 g/mol. The van der Waals surface area contributed by atoms with Crippen LogP contribution in [0.2, 0.25) is 0 Å². The Morgan fingerprint density at radius 1 is 0.818 bits per heavy atom. The summed E-state index contributed by atoms with van der Waals surface area (Å²) < 4.78 is 77.3. The summed E-state index contributed by atoms with van der Waals surface area (Å²) in [6.45, 7) is 3.91. The maximum absolute atomic E-state index is 12.9. The van der Waals surface area contributed by atoms with Crippen molar-refractivity contribution in [3.05, 3.63) is 34.9 Å². The summed E-state index contributed by atoms with van der Waals surface area (Å²) in [5.41, 5.74) is -0.625. The Balaban J connectivity index is 2.58. The Morgan fingerprint density at radius 3 is 1.88 bits per heavy atom. The first-order valence-electron chi connectivity index (χ1n) is 10.4. The van der Waals surface area contributed by atoms with Gasteiger partial charge in [-0.1, -0.05) is 32.6 Å². The fraction of sp³-hybridized carbons (Fsp3) is 0.571. The monoisotopic (exact) mass is 483 g/mol. The largest absolute Gasteiger partial charge is 0.416 e. The van der Waals surface area contributed by atoms with E-state index in [0.29, 0.717) is 0 Å². The number of hydrogen-bond acceptors (Lipinski definition) is 3. The normalized spacial score (nSPS) is 12.7. The highest BCUT2D eigenvalue weighted by molar-refractivity contribution is 5.96. The second-order valence-corrected chi connectivity index (χ2v) is 7.61. The van der Waals surface area contributed by atoms with E-state index in [-0.39, 0.29) is 37.1 Å². The third kappa shape index (κ3) is 10.6. The summed E-state index contributed by atoms with van der Waals surface area (Å²) in [5.74, 6) is -2.60. The van der Waals surface area contributed by atoms with E-state index in [1.54, 1.807) is 5.43 Å². The number of benzene rings is 1. The molecule has 1 atom stereocenters. The van der Waals surface area contributed by atoms with E-state index in [1.807, 2.05) is 12.3 Å². The molecule has 0 bridgehead atoms. The number of halogens is 6. The first kappa shape index (κ1) is 28.2. The first-order chi connectivity index (χ1) is 15.2. The molecule has 186 valence electrons. The fourth-order valence-electron chi connectivity index (χ4n) is 2.87. The van der Waals surface area contributed by atoms with E-state index in [4.69, 9.17) is 0 Å². The molecule has 33 heavy (non-hydrogen) atoms. The molecule has 0 saturated carbocycles. The highest BCUT2D eigenvalue weighted by atomic mass is 19.4. The van der Waals surface area contributed by atoms with Gasteiger partial charge in [-0.3, -0.25) is 25.2 Å². The van der Waals surface area contributed by atoms with Crippen LogP contribution in [-0.4, -0.2) is 23.8 Å². The van der Waals surface area contributed by atoms with E-state index < -0.39 is 46.8 Å². The number of carbonyl (C=O) groups is 3. The molecule has 0 saturated heterocycles. The molecule has 12 heteroatoms. The van der Waals surface area contributed by atoms with Crippen LogP contribution in [0, 0.1) is 0 Å². The predicted octanol–water partition coefficient (Wildman–Crippen LogP) is 4.74. The molecular formula is C21H27F6N3O3. The molecule has 0 spiro atoms. The van der Waals surface area contributed by atoms with E-state index >= 15 is 0 Å². The minimum absolute atomic E-state index is 0.0825. The lowest BCUT2D eigenvalue weighted by Gasteiger charge is -2.15. The Hall–Kier alpha value is -2.79. The zero-order valence-corrected chi connectivity index (χ0v) is 18.3. The van der Waals surface area contributed by atoms with Crippen LogP contribution in [-0.2, 0) is 21.9 Å². The summed E-state index contributed by atoms with van der Waals surface area (Å²) in [6, 6.07) is 0.289. The van der Waals surface area contributed by atoms with Crippen molar-refractivity contribution in [2.24, 2.45) is 0 Å². The molecule has 3 amide bonds. The molecule has 0 unspecified atom stereocenters. The lowest BCUT2D eigenvalue weighted by Crippen LogP contribution is -2.42. The predicted molar refractivity (Wildman–Crippen MR) is 108 cm³/mol. The molecule has 0 fully saturated rings. The van der Waals surface area contributed by atoms with Crippen LogP contribution in [0.15, 0.2) is 18.2 Å². The smallest absolute Gasteiger partial charge is 0.354 e. The lowest BCUT2D eigenvalue weighted by molar-refractivity contribution is -0.143. The van der Waals surface area contributed by atoms with Gasteiger partial charge in [-0.2, -0.15) is 26.3 Å². The molecule has 0 aliphatic carbocycles. The van der Waals surface area contributed by atoms with Gasteiger partial charge in [-0.05, 0) is 31.5 Å². The summed E-state index contributed by atoms with van der Waals surface area (Å²) in [6.07, 6.45) is -5.80. The van der Waals surface area contributed by atoms with Gasteiger partial charge in [-0.15, -0.1) is 0 Å². The van der Waals surface area contributed by atoms with Gasteiger partial charge in [-0.25, -0.2) is 0 Å². The number of amides is 3. The fourth-order valence-corrected chi connectivity index (χ4v) is 2.87. The molecule has 1 aromatic rings. The molecule has 1 rings (SSSR count). The summed E-state index contributed by atoms with van der Waals surface area (Å²) in [5, 5.41) is 2.72. The molecule has 0 heterocycles. The number of rotatable bonds is 10. The van der Waals surface area contributed by atoms with Crippen LogP contribution < -0.4 is 16.2 Å². The topological polar surface area (TPSA) is 87.3 Å². The van der Waals surface area contributed by atoms with Crippen molar-refractivity contribution in [2.45, 2.75) is 77.2 Å². The van der Waals surface area contributed by atoms with Crippen LogP contribution in [0.5, 0.6) is 0 Å². The third-order valence-corrected chi connectivity index (χ3v) is 4.64. The number of nitrogens with one attached hydrogen (secondary N) is 3. The van der Waals surface area contributed by atoms with Gasteiger partial charge in [0.05, 0.1) is 11.1 Å². The van der Waals surface area contributed by atoms with E-state index in [9.17, 15) is 40.7 Å². The van der Waals surface area contributed by atoms with Gasteiger partial charge in [0, 0.05) is 24.4 Å². The third-order valence-electron chi connectivity index (χ3n) is 4.64. The van der Waals surface area contributed by atoms with Crippen molar-refractivity contribution in [3.8, 4) is 0 Å². The van der Waals surface area contributed by atoms with Crippen LogP contribution in [0.3, 0.4) is 0 Å². The Bertz CT molecular complexity index is 792. The number of alkyl halides is 6. The van der Waals surface area contributed by atoms with Gasteiger partial charge in [0.15, 0.2) is 0 Å². The molecule has 1 aromatic carbocycles. The zero-order valence-electron chi connectivity index (χ0n) is 18.3. The van der Waals surface area contributed by atoms with Gasteiger partial charge in [0.25, 0.3) is 5.91 Å². The number of carbonyl (C=O) groups excluding carboxylic acids is 3. The van der Waals surface area contributed by atoms with E-state index in [1.165, 1.54) is 0 Å². The van der Waals surface area contributed by atoms with Gasteiger partial charge >= 0.3 is 12.4 Å². The van der Waals surface area contributed by atoms with Crippen LogP contribution >= 0.6 is 0 Å². The summed E-state index contributed by atoms with van der Waals surface area (Å²) in [4.78, 5) is 35.7. The highest BCUT2D eigenvalue weighted by Crippen LogP contribution is 2.36. The van der Waals surface area contributed by atoms with E-state index in [0.717, 1.165) is 32.1 Å². The average Bonchev–Trinajstić information content (AvgIpc) is 2.72. The van der Waals surface area contributed by atoms with Crippen molar-refractivity contribution in [3.63, 3.8) is 0 Å². The molecule has 3 N–H and O–H groups in total. The molecule has 0 aromatic heterocycles. The SMILES string of the molecule is CCCCCC[C@@H](C)NC(=O)CCC(=O)NNC(=O)c1cc(C(F)(F)F)cc(C(F)(F)F)c1. The van der Waals surface area contributed by atoms with Gasteiger partial charge < -0.3 is 5.32 Å². The maximum Gasteiger partial charge on any atom is 0.416 e. The molecule has 6 nitrogen and oxygen atoms in total. The van der Waals surface area contributed by atoms with Crippen molar-refractivity contribution < 1.29 is 40.7 Å². The van der Waals surface area contributed by atoms with Crippen molar-refractivity contribution >= 4 is 17.7 Å². The highest BCUT2D eigenvalue weighted by Gasteiger charge is 2.37.